The summed E-state index contributed by atoms with van der Waals surface area (Å²) in [6.07, 6.45) is 1.22. The molecule has 2 N–H and O–H groups in total. The van der Waals surface area contributed by atoms with Crippen LogP contribution in [-0.4, -0.2) is 27.3 Å². The first-order valence-corrected chi connectivity index (χ1v) is 7.15. The maximum Gasteiger partial charge on any atom is 0.178 e. The molecule has 0 bridgehead atoms. The first-order chi connectivity index (χ1) is 8.49. The highest BCUT2D eigenvalue weighted by Gasteiger charge is 2.10. The van der Waals surface area contributed by atoms with E-state index < -0.39 is 15.7 Å². The predicted octanol–water partition coefficient (Wildman–Crippen LogP) is 1.67. The van der Waals surface area contributed by atoms with Crippen LogP contribution in [0.3, 0.4) is 0 Å². The molecule has 0 aliphatic rings. The van der Waals surface area contributed by atoms with Crippen molar-refractivity contribution in [2.75, 3.05) is 18.9 Å². The summed E-state index contributed by atoms with van der Waals surface area (Å²) in [6, 6.07) is 5.88. The molecule has 4 nitrogen and oxygen atoms in total. The molecule has 0 amide bonds. The maximum atomic E-state index is 13.0. The number of ether oxygens (including phenoxy) is 1. The number of nitrogens with two attached hydrogens (primary N) is 1. The van der Waals surface area contributed by atoms with Crippen molar-refractivity contribution < 1.29 is 17.5 Å². The van der Waals surface area contributed by atoms with Crippen molar-refractivity contribution in [3.8, 4) is 5.75 Å². The van der Waals surface area contributed by atoms with Gasteiger partial charge in [-0.3, -0.25) is 0 Å². The Morgan fingerprint density at radius 2 is 2.00 bits per heavy atom. The van der Waals surface area contributed by atoms with Crippen LogP contribution in [0.4, 0.5) is 4.39 Å². The molecule has 100 valence electrons. The van der Waals surface area contributed by atoms with Crippen LogP contribution in [0, 0.1) is 0 Å². The van der Waals surface area contributed by atoms with Crippen LogP contribution in [0.1, 0.15) is 6.92 Å². The number of sulfone groups is 1. The Morgan fingerprint density at radius 1 is 1.39 bits per heavy atom. The second-order valence-electron chi connectivity index (χ2n) is 3.55. The lowest BCUT2D eigenvalue weighted by molar-refractivity contribution is 0.318. The molecule has 1 aromatic rings. The van der Waals surface area contributed by atoms with E-state index in [-0.39, 0.29) is 23.8 Å². The van der Waals surface area contributed by atoms with E-state index in [2.05, 4.69) is 0 Å². The molecule has 0 aliphatic carbocycles. The van der Waals surface area contributed by atoms with Crippen molar-refractivity contribution >= 4 is 9.84 Å². The fraction of sp³-hybridized carbons (Fsp3) is 0.333. The van der Waals surface area contributed by atoms with Crippen LogP contribution in [-0.2, 0) is 9.84 Å². The standard InChI is InChI=1S/C12H16FNO3S/c1-2-18(15,16)12-5-3-11(4-6-12)17-9-10(13)7-8-14/h3-7H,2,8-9,14H2,1H3. The average molecular weight is 273 g/mol. The van der Waals surface area contributed by atoms with Gasteiger partial charge in [-0.05, 0) is 30.3 Å². The number of halogens is 1. The van der Waals surface area contributed by atoms with Crippen LogP contribution in [0.5, 0.6) is 5.75 Å². The third-order valence-electron chi connectivity index (χ3n) is 2.28. The summed E-state index contributed by atoms with van der Waals surface area (Å²) in [5.41, 5.74) is 5.14. The second-order valence-corrected chi connectivity index (χ2v) is 5.83. The van der Waals surface area contributed by atoms with Gasteiger partial charge in [0.05, 0.1) is 10.6 Å². The summed E-state index contributed by atoms with van der Waals surface area (Å²) in [5.74, 6) is -0.00507. The molecule has 0 unspecified atom stereocenters. The van der Waals surface area contributed by atoms with Gasteiger partial charge in [0.2, 0.25) is 0 Å². The first kappa shape index (κ1) is 14.7. The van der Waals surface area contributed by atoms with Gasteiger partial charge in [-0.2, -0.15) is 0 Å². The largest absolute Gasteiger partial charge is 0.487 e. The zero-order valence-corrected chi connectivity index (χ0v) is 10.9. The lowest BCUT2D eigenvalue weighted by Crippen LogP contribution is -2.04. The summed E-state index contributed by atoms with van der Waals surface area (Å²) < 4.78 is 41.2. The van der Waals surface area contributed by atoms with Crippen molar-refractivity contribution in [3.63, 3.8) is 0 Å². The topological polar surface area (TPSA) is 69.4 Å². The molecule has 0 saturated carbocycles. The molecule has 0 aromatic heterocycles. The molecular formula is C12H16FNO3S. The Labute approximate surface area is 106 Å². The Kier molecular flexibility index (Phi) is 5.30. The van der Waals surface area contributed by atoms with Crippen molar-refractivity contribution in [1.29, 1.82) is 0 Å². The molecule has 0 spiro atoms. The molecule has 0 atom stereocenters. The van der Waals surface area contributed by atoms with E-state index in [0.717, 1.165) is 0 Å². The highest BCUT2D eigenvalue weighted by molar-refractivity contribution is 7.91. The van der Waals surface area contributed by atoms with E-state index >= 15 is 0 Å². The number of hydrogen-bond donors (Lipinski definition) is 1. The molecule has 0 aliphatic heterocycles. The molecule has 0 saturated heterocycles. The van der Waals surface area contributed by atoms with Gasteiger partial charge in [-0.15, -0.1) is 0 Å². The zero-order chi connectivity index (χ0) is 13.6. The van der Waals surface area contributed by atoms with Crippen LogP contribution >= 0.6 is 0 Å². The normalized spacial score (nSPS) is 12.5. The third kappa shape index (κ3) is 4.12. The minimum atomic E-state index is -3.21. The van der Waals surface area contributed by atoms with Crippen molar-refractivity contribution in [2.24, 2.45) is 5.73 Å². The lowest BCUT2D eigenvalue weighted by atomic mass is 10.3. The Hall–Kier alpha value is -1.40. The van der Waals surface area contributed by atoms with E-state index in [9.17, 15) is 12.8 Å². The van der Waals surface area contributed by atoms with E-state index in [1.54, 1.807) is 6.92 Å². The highest BCUT2D eigenvalue weighted by atomic mass is 32.2. The van der Waals surface area contributed by atoms with Gasteiger partial charge in [-0.1, -0.05) is 6.92 Å². The SMILES string of the molecule is CCS(=O)(=O)c1ccc(OCC(F)=CCN)cc1. The monoisotopic (exact) mass is 273 g/mol. The molecule has 0 radical (unpaired) electrons. The van der Waals surface area contributed by atoms with Crippen molar-refractivity contribution in [1.82, 2.24) is 0 Å². The average Bonchev–Trinajstić information content (AvgIpc) is 2.37. The van der Waals surface area contributed by atoms with E-state index in [1.165, 1.54) is 30.3 Å². The summed E-state index contributed by atoms with van der Waals surface area (Å²) in [7, 11) is -3.21. The summed E-state index contributed by atoms with van der Waals surface area (Å²) in [5, 5.41) is 0. The molecule has 18 heavy (non-hydrogen) atoms. The quantitative estimate of drug-likeness (QED) is 0.856. The van der Waals surface area contributed by atoms with E-state index in [4.69, 9.17) is 10.5 Å². The second kappa shape index (κ2) is 6.51. The smallest absolute Gasteiger partial charge is 0.178 e. The minimum Gasteiger partial charge on any atom is -0.487 e. The number of benzene rings is 1. The third-order valence-corrected chi connectivity index (χ3v) is 4.03. The molecule has 1 rings (SSSR count). The zero-order valence-electron chi connectivity index (χ0n) is 10.1. The highest BCUT2D eigenvalue weighted by Crippen LogP contribution is 2.17. The Bertz CT molecular complexity index is 509. The Balaban J connectivity index is 2.70. The van der Waals surface area contributed by atoms with Gasteiger partial charge < -0.3 is 10.5 Å². The van der Waals surface area contributed by atoms with Crippen LogP contribution < -0.4 is 10.5 Å². The van der Waals surface area contributed by atoms with Gasteiger partial charge in [0.15, 0.2) is 9.84 Å². The van der Waals surface area contributed by atoms with Gasteiger partial charge >= 0.3 is 0 Å². The molecule has 1 aromatic carbocycles. The summed E-state index contributed by atoms with van der Waals surface area (Å²) in [4.78, 5) is 0.232. The fourth-order valence-corrected chi connectivity index (χ4v) is 2.13. The lowest BCUT2D eigenvalue weighted by Gasteiger charge is -2.06. The Morgan fingerprint density at radius 3 is 2.50 bits per heavy atom. The molecule has 0 heterocycles. The van der Waals surface area contributed by atoms with Crippen LogP contribution in [0.25, 0.3) is 0 Å². The number of rotatable bonds is 6. The van der Waals surface area contributed by atoms with Crippen molar-refractivity contribution in [3.05, 3.63) is 36.2 Å². The van der Waals surface area contributed by atoms with Crippen LogP contribution in [0.15, 0.2) is 41.1 Å². The van der Waals surface area contributed by atoms with Gasteiger partial charge in [0.1, 0.15) is 18.2 Å². The molecule has 6 heteroatoms. The predicted molar refractivity (Wildman–Crippen MR) is 67.9 cm³/mol. The van der Waals surface area contributed by atoms with Crippen LogP contribution in [0.2, 0.25) is 0 Å². The maximum absolute atomic E-state index is 13.0. The molecular weight excluding hydrogens is 257 g/mol. The van der Waals surface area contributed by atoms with E-state index in [0.29, 0.717) is 5.75 Å². The van der Waals surface area contributed by atoms with Gasteiger partial charge in [0.25, 0.3) is 0 Å². The summed E-state index contributed by atoms with van der Waals surface area (Å²) >= 11 is 0. The fourth-order valence-electron chi connectivity index (χ4n) is 1.25. The van der Waals surface area contributed by atoms with E-state index in [1.807, 2.05) is 0 Å². The number of hydrogen-bond acceptors (Lipinski definition) is 4. The first-order valence-electron chi connectivity index (χ1n) is 5.50. The van der Waals surface area contributed by atoms with Gasteiger partial charge in [-0.25, -0.2) is 12.8 Å². The molecule has 0 fully saturated rings. The van der Waals surface area contributed by atoms with Crippen molar-refractivity contribution in [2.45, 2.75) is 11.8 Å². The minimum absolute atomic E-state index is 0.0427. The van der Waals surface area contributed by atoms with Gasteiger partial charge in [0, 0.05) is 6.54 Å². The summed E-state index contributed by atoms with van der Waals surface area (Å²) in [6.45, 7) is 1.48.